The van der Waals surface area contributed by atoms with Crippen molar-refractivity contribution < 1.29 is 87.5 Å². The topological polar surface area (TPSA) is 509 Å². The number of H-pyrrole nitrogens is 1. The molecule has 1 saturated heterocycles. The lowest BCUT2D eigenvalue weighted by Crippen LogP contribution is -2.61. The fourth-order valence-electron chi connectivity index (χ4n) is 12.9. The molecule has 2 heterocycles. The fourth-order valence-corrected chi connectivity index (χ4v) is 13.7. The number of aliphatic hydroxyl groups excluding tert-OH is 1. The van der Waals surface area contributed by atoms with Gasteiger partial charge in [-0.1, -0.05) is 143 Å². The standard InChI is InChI=1S/C83H101N15O18S/c1-46(2)33-60-80(113)97-72(47(3)4)82(115)93-63(36-52-23-29-56(101)30-24-52)78(111)95-66(43-99)74(107)87-42-70(104)89-64(39-54-40-85-59-20-14-13-19-58(54)59)79(112)94-65(37-53-25-31-57(102)32-26-53)83(116)98(6)68(38-50-17-11-8-12-18-50)81(114)88-48(5)73(106)96-67(75(108)86-41-69(84)103)44-117-45-71(105)90-61(34-49-15-9-7-10-16-49)76(109)92-62(77(110)91-60)35-51-21-27-55(100)28-22-51/h7-32,40,46-48,60-68,72,85,99-102H,33-39,41-45H2,1-6H3,(H2,84,103)(H,86,108)(H,87,107)(H,88,114)(H,89,104)(H,90,105)(H,91,110)(H,92,109)(H,93,115)(H,94,112)(H,95,111)(H,96,106)(H,97,113)/t48-,60-,61-,62-,63-,64-,65-,66-,67-,68-,72-/m0/s1. The number of aromatic hydroxyl groups is 3. The average molecular weight is 1630 g/mol. The van der Waals surface area contributed by atoms with Crippen LogP contribution in [0.25, 0.3) is 10.9 Å². The number of primary amides is 1. The number of thioether (sulfide) groups is 1. The van der Waals surface area contributed by atoms with E-state index in [4.69, 9.17) is 5.73 Å². The van der Waals surface area contributed by atoms with Crippen LogP contribution in [0.4, 0.5) is 0 Å². The van der Waals surface area contributed by atoms with Gasteiger partial charge in [0, 0.05) is 68.4 Å². The predicted molar refractivity (Wildman–Crippen MR) is 433 cm³/mol. The number of phenolic OH excluding ortho intramolecular Hbond substituents is 3. The third-order valence-electron chi connectivity index (χ3n) is 19.2. The Bertz CT molecular complexity index is 4630. The number of amides is 14. The minimum atomic E-state index is -1.82. The maximum atomic E-state index is 15.4. The van der Waals surface area contributed by atoms with Crippen molar-refractivity contribution >= 4 is 105 Å². The Morgan fingerprint density at radius 2 is 0.923 bits per heavy atom. The molecule has 117 heavy (non-hydrogen) atoms. The summed E-state index contributed by atoms with van der Waals surface area (Å²) in [7, 11) is 1.29. The van der Waals surface area contributed by atoms with Gasteiger partial charge in [-0.15, -0.1) is 11.8 Å². The number of para-hydroxylation sites is 1. The Balaban J connectivity index is 1.17. The Hall–Kier alpha value is -12.9. The highest BCUT2D eigenvalue weighted by Gasteiger charge is 2.39. The van der Waals surface area contributed by atoms with E-state index < -0.39 is 181 Å². The minimum Gasteiger partial charge on any atom is -0.508 e. The number of aliphatic hydroxyl groups is 1. The second-order valence-corrected chi connectivity index (χ2v) is 30.3. The molecule has 1 aliphatic heterocycles. The molecule has 0 unspecified atom stereocenters. The van der Waals surface area contributed by atoms with Crippen molar-refractivity contribution in [3.8, 4) is 17.2 Å². The molecule has 7 aromatic rings. The number of aromatic nitrogens is 1. The van der Waals surface area contributed by atoms with Crippen molar-refractivity contribution in [1.82, 2.24) is 73.7 Å². The summed E-state index contributed by atoms with van der Waals surface area (Å²) in [6.45, 7) is 5.35. The Morgan fingerprint density at radius 1 is 0.479 bits per heavy atom. The zero-order valence-corrected chi connectivity index (χ0v) is 66.3. The third-order valence-corrected chi connectivity index (χ3v) is 20.3. The summed E-state index contributed by atoms with van der Waals surface area (Å²) in [6.07, 6.45) is 0.134. The SMILES string of the molecule is CC(C)C[C@@H]1NC(=O)[C@H](Cc2ccc(O)cc2)NC(=O)[C@H](Cc2ccccc2)NC(=O)CSC[C@@H](C(=O)NCC(N)=O)NC(=O)[C@H](C)NC(=O)[C@H](Cc2ccccc2)N(C)C(=O)[C@H](Cc2ccc(O)cc2)NC(=O)[C@H](Cc2c[nH]c3ccccc23)NC(=O)CNC(=O)[C@H](CO)NC(=O)[C@H](Cc2ccc(O)cc2)NC(=O)[C@H](C(C)C)NC1=O. The van der Waals surface area contributed by atoms with Gasteiger partial charge in [0.15, 0.2) is 0 Å². The van der Waals surface area contributed by atoms with Crippen LogP contribution in [0.1, 0.15) is 74.4 Å². The number of nitrogens with zero attached hydrogens (tertiary/aromatic N) is 1. The van der Waals surface area contributed by atoms with Crippen molar-refractivity contribution in [3.05, 3.63) is 197 Å². The summed E-state index contributed by atoms with van der Waals surface area (Å²) in [6, 6.07) is 24.1. The van der Waals surface area contributed by atoms with E-state index in [1.54, 1.807) is 119 Å². The fraction of sp³-hybridized carbons (Fsp3) is 0.373. The molecule has 14 amide bonds. The lowest BCUT2D eigenvalue weighted by molar-refractivity contribution is -0.143. The van der Waals surface area contributed by atoms with Crippen LogP contribution >= 0.6 is 11.8 Å². The van der Waals surface area contributed by atoms with E-state index in [0.29, 0.717) is 44.3 Å². The minimum absolute atomic E-state index is 0.0424. The number of nitrogens with two attached hydrogens (primary N) is 1. The summed E-state index contributed by atoms with van der Waals surface area (Å²) >= 11 is 0.813. The molecule has 622 valence electrons. The first-order valence-corrected chi connectivity index (χ1v) is 39.2. The lowest BCUT2D eigenvalue weighted by atomic mass is 9.98. The van der Waals surface area contributed by atoms with Crippen LogP contribution in [0.2, 0.25) is 0 Å². The van der Waals surface area contributed by atoms with Gasteiger partial charge in [-0.3, -0.25) is 67.1 Å². The summed E-state index contributed by atoms with van der Waals surface area (Å²) < 4.78 is 0. The maximum Gasteiger partial charge on any atom is 0.245 e. The first kappa shape index (κ1) is 89.7. The molecule has 1 fully saturated rings. The van der Waals surface area contributed by atoms with Crippen molar-refractivity contribution in [1.29, 1.82) is 0 Å². The van der Waals surface area contributed by atoms with E-state index in [1.807, 2.05) is 0 Å². The van der Waals surface area contributed by atoms with Gasteiger partial charge in [0.25, 0.3) is 0 Å². The first-order valence-electron chi connectivity index (χ1n) is 38.1. The number of rotatable bonds is 19. The number of fused-ring (bicyclic) bond motifs is 1. The maximum absolute atomic E-state index is 15.4. The second-order valence-electron chi connectivity index (χ2n) is 29.3. The van der Waals surface area contributed by atoms with Crippen LogP contribution in [0.15, 0.2) is 164 Å². The molecule has 33 nitrogen and oxygen atoms in total. The van der Waals surface area contributed by atoms with E-state index in [-0.39, 0.29) is 73.9 Å². The van der Waals surface area contributed by atoms with Gasteiger partial charge in [0.1, 0.15) is 83.7 Å². The van der Waals surface area contributed by atoms with Crippen LogP contribution in [0.3, 0.4) is 0 Å². The van der Waals surface area contributed by atoms with Crippen LogP contribution in [0.5, 0.6) is 17.2 Å². The number of hydrogen-bond donors (Lipinski definition) is 18. The van der Waals surface area contributed by atoms with Gasteiger partial charge in [-0.2, -0.15) is 0 Å². The summed E-state index contributed by atoms with van der Waals surface area (Å²) in [4.78, 5) is 207. The summed E-state index contributed by atoms with van der Waals surface area (Å²) in [5, 5.41) is 73.5. The number of phenols is 3. The third kappa shape index (κ3) is 27.7. The molecule has 1 aromatic heterocycles. The van der Waals surface area contributed by atoms with Crippen LogP contribution in [-0.2, 0) is 106 Å². The zero-order chi connectivity index (χ0) is 85.0. The lowest BCUT2D eigenvalue weighted by Gasteiger charge is -2.32. The number of carbonyl (C=O) groups is 14. The summed E-state index contributed by atoms with van der Waals surface area (Å²) in [5.41, 5.74) is 8.87. The smallest absolute Gasteiger partial charge is 0.245 e. The average Bonchev–Trinajstić information content (AvgIpc) is 1.80. The largest absolute Gasteiger partial charge is 0.508 e. The number of hydrogen-bond acceptors (Lipinski definition) is 19. The molecule has 0 bridgehead atoms. The molecule has 6 aromatic carbocycles. The first-order chi connectivity index (χ1) is 55.8. The highest BCUT2D eigenvalue weighted by Crippen LogP contribution is 2.23. The molecule has 0 saturated carbocycles. The molecule has 0 radical (unpaired) electrons. The van der Waals surface area contributed by atoms with Gasteiger partial charge in [-0.25, -0.2) is 0 Å². The molecule has 0 spiro atoms. The Labute approximate surface area is 679 Å². The molecule has 0 aliphatic carbocycles. The van der Waals surface area contributed by atoms with Crippen molar-refractivity contribution in [2.24, 2.45) is 17.6 Å². The zero-order valence-electron chi connectivity index (χ0n) is 65.5. The summed E-state index contributed by atoms with van der Waals surface area (Å²) in [5.74, 6) is -15.4. The van der Waals surface area contributed by atoms with E-state index in [0.717, 1.165) is 16.7 Å². The highest BCUT2D eigenvalue weighted by molar-refractivity contribution is 8.00. The van der Waals surface area contributed by atoms with Crippen molar-refractivity contribution in [3.63, 3.8) is 0 Å². The van der Waals surface area contributed by atoms with E-state index in [9.17, 15) is 78.0 Å². The molecule has 11 atom stereocenters. The molecular weight excluding hydrogens is 1530 g/mol. The number of aromatic amines is 1. The van der Waals surface area contributed by atoms with Crippen molar-refractivity contribution in [2.75, 3.05) is 38.2 Å². The quantitative estimate of drug-likeness (QED) is 0.0502. The van der Waals surface area contributed by atoms with Crippen LogP contribution in [-0.4, -0.2) is 218 Å². The number of nitrogens with one attached hydrogen (secondary N) is 13. The van der Waals surface area contributed by atoms with E-state index in [2.05, 4.69) is 68.8 Å². The van der Waals surface area contributed by atoms with Gasteiger partial charge < -0.3 is 99.8 Å². The van der Waals surface area contributed by atoms with Gasteiger partial charge in [0.05, 0.1) is 25.4 Å². The predicted octanol–water partition coefficient (Wildman–Crippen LogP) is -0.106. The monoisotopic (exact) mass is 1630 g/mol. The number of benzene rings is 6. The number of likely N-dealkylation sites (N-methyl/N-ethyl adjacent to an activating group) is 1. The van der Waals surface area contributed by atoms with Crippen LogP contribution < -0.4 is 69.5 Å². The molecule has 1 aliphatic rings. The van der Waals surface area contributed by atoms with Gasteiger partial charge in [-0.05, 0) is 101 Å². The molecule has 19 N–H and O–H groups in total. The second kappa shape index (κ2) is 43.6. The molecule has 8 rings (SSSR count). The Kier molecular flexibility index (Phi) is 33.4. The molecular formula is C83H101N15O18S. The normalized spacial score (nSPS) is 22.3. The number of carbonyl (C=O) groups excluding carboxylic acids is 14. The van der Waals surface area contributed by atoms with E-state index in [1.165, 1.54) is 86.8 Å². The molecule has 34 heteroatoms. The van der Waals surface area contributed by atoms with Gasteiger partial charge >= 0.3 is 0 Å². The van der Waals surface area contributed by atoms with Crippen LogP contribution in [0, 0.1) is 11.8 Å². The Morgan fingerprint density at radius 3 is 1.44 bits per heavy atom. The van der Waals surface area contributed by atoms with E-state index >= 15 is 9.59 Å². The van der Waals surface area contributed by atoms with Gasteiger partial charge in [0.2, 0.25) is 82.7 Å². The highest BCUT2D eigenvalue weighted by atomic mass is 32.2. The van der Waals surface area contributed by atoms with Crippen molar-refractivity contribution in [2.45, 2.75) is 146 Å².